The summed E-state index contributed by atoms with van der Waals surface area (Å²) >= 11 is 6.06. The van der Waals surface area contributed by atoms with Crippen molar-refractivity contribution in [2.45, 2.75) is 56.9 Å². The highest BCUT2D eigenvalue weighted by Crippen LogP contribution is 2.29. The van der Waals surface area contributed by atoms with Gasteiger partial charge in [-0.2, -0.15) is 0 Å². The molecule has 0 radical (unpaired) electrons. The zero-order chi connectivity index (χ0) is 16.2. The van der Waals surface area contributed by atoms with E-state index in [1.54, 1.807) is 6.07 Å². The van der Waals surface area contributed by atoms with Gasteiger partial charge in [0.25, 0.3) is 0 Å². The zero-order valence-corrected chi connectivity index (χ0v) is 14.7. The molecule has 1 aliphatic carbocycles. The Morgan fingerprint density at radius 1 is 1.32 bits per heavy atom. The van der Waals surface area contributed by atoms with Crippen LogP contribution in [0.2, 0.25) is 5.02 Å². The second-order valence-electron chi connectivity index (χ2n) is 5.93. The molecule has 0 amide bonds. The summed E-state index contributed by atoms with van der Waals surface area (Å²) in [6, 6.07) is 4.62. The minimum Gasteiger partial charge on any atom is -0.492 e. The number of nitrogens with one attached hydrogen (secondary N) is 1. The van der Waals surface area contributed by atoms with Crippen LogP contribution < -0.4 is 9.46 Å². The van der Waals surface area contributed by atoms with Gasteiger partial charge in [0, 0.05) is 12.1 Å². The maximum Gasteiger partial charge on any atom is 0.240 e. The normalized spacial score (nSPS) is 22.5. The molecule has 2 atom stereocenters. The molecule has 1 aliphatic rings. The number of hydrogen-bond acceptors (Lipinski definition) is 3. The van der Waals surface area contributed by atoms with Crippen LogP contribution in [0.25, 0.3) is 0 Å². The molecule has 0 bridgehead atoms. The van der Waals surface area contributed by atoms with E-state index < -0.39 is 10.0 Å². The third kappa shape index (κ3) is 4.37. The number of benzene rings is 1. The van der Waals surface area contributed by atoms with Gasteiger partial charge in [-0.05, 0) is 37.3 Å². The number of rotatable bonds is 6. The summed E-state index contributed by atoms with van der Waals surface area (Å²) in [4.78, 5) is 0.209. The summed E-state index contributed by atoms with van der Waals surface area (Å²) < 4.78 is 33.5. The molecule has 4 nitrogen and oxygen atoms in total. The summed E-state index contributed by atoms with van der Waals surface area (Å²) in [5.41, 5.74) is 0. The fraction of sp³-hybridized carbons (Fsp3) is 0.625. The quantitative estimate of drug-likeness (QED) is 0.848. The van der Waals surface area contributed by atoms with E-state index in [2.05, 4.69) is 11.6 Å². The van der Waals surface area contributed by atoms with Crippen molar-refractivity contribution in [1.82, 2.24) is 4.72 Å². The fourth-order valence-corrected chi connectivity index (χ4v) is 4.30. The summed E-state index contributed by atoms with van der Waals surface area (Å²) in [6.45, 7) is 4.60. The van der Waals surface area contributed by atoms with Crippen molar-refractivity contribution >= 4 is 21.6 Å². The van der Waals surface area contributed by atoms with Crippen molar-refractivity contribution in [3.63, 3.8) is 0 Å². The number of halogens is 1. The Hall–Kier alpha value is -0.780. The molecule has 0 unspecified atom stereocenters. The Labute approximate surface area is 138 Å². The highest BCUT2D eigenvalue weighted by Gasteiger charge is 2.27. The molecule has 1 fully saturated rings. The van der Waals surface area contributed by atoms with Gasteiger partial charge in [-0.15, -0.1) is 0 Å². The fourth-order valence-electron chi connectivity index (χ4n) is 2.73. The molecule has 0 aliphatic heterocycles. The first kappa shape index (κ1) is 17.6. The standard InChI is InChI=1S/C16H24ClNO3S/c1-3-10-21-16-11-13(8-9-14(16)17)22(19,20)18-15-7-5-4-6-12(15)2/h8-9,11-12,15,18H,3-7,10H2,1-2H3/t12-,15-/m1/s1. The van der Waals surface area contributed by atoms with Crippen LogP contribution in [0.3, 0.4) is 0 Å². The van der Waals surface area contributed by atoms with E-state index in [4.69, 9.17) is 16.3 Å². The Balaban J connectivity index is 2.17. The maximum absolute atomic E-state index is 12.6. The van der Waals surface area contributed by atoms with Gasteiger partial charge in [-0.1, -0.05) is 38.3 Å². The highest BCUT2D eigenvalue weighted by atomic mass is 35.5. The van der Waals surface area contributed by atoms with Crippen LogP contribution in [0.4, 0.5) is 0 Å². The number of sulfonamides is 1. The average molecular weight is 346 g/mol. The molecule has 22 heavy (non-hydrogen) atoms. The Morgan fingerprint density at radius 3 is 2.73 bits per heavy atom. The van der Waals surface area contributed by atoms with Gasteiger partial charge in [-0.25, -0.2) is 13.1 Å². The molecule has 0 spiro atoms. The second kappa shape index (κ2) is 7.66. The molecule has 6 heteroatoms. The number of hydrogen-bond donors (Lipinski definition) is 1. The van der Waals surface area contributed by atoms with Gasteiger partial charge in [0.15, 0.2) is 0 Å². The van der Waals surface area contributed by atoms with Crippen molar-refractivity contribution < 1.29 is 13.2 Å². The molecule has 0 aromatic heterocycles. The topological polar surface area (TPSA) is 55.4 Å². The van der Waals surface area contributed by atoms with Crippen LogP contribution in [0.15, 0.2) is 23.1 Å². The van der Waals surface area contributed by atoms with Crippen LogP contribution in [0, 0.1) is 5.92 Å². The zero-order valence-electron chi connectivity index (χ0n) is 13.1. The summed E-state index contributed by atoms with van der Waals surface area (Å²) in [5, 5.41) is 0.429. The largest absolute Gasteiger partial charge is 0.492 e. The Morgan fingerprint density at radius 2 is 2.05 bits per heavy atom. The van der Waals surface area contributed by atoms with Gasteiger partial charge in [0.2, 0.25) is 10.0 Å². The first-order valence-electron chi connectivity index (χ1n) is 7.88. The molecule has 1 aromatic carbocycles. The molecular formula is C16H24ClNO3S. The van der Waals surface area contributed by atoms with Crippen LogP contribution in [-0.4, -0.2) is 21.1 Å². The predicted molar refractivity (Wildman–Crippen MR) is 89.0 cm³/mol. The van der Waals surface area contributed by atoms with Crippen LogP contribution in [0.1, 0.15) is 46.0 Å². The van der Waals surface area contributed by atoms with Gasteiger partial charge >= 0.3 is 0 Å². The van der Waals surface area contributed by atoms with Crippen molar-refractivity contribution in [3.05, 3.63) is 23.2 Å². The van der Waals surface area contributed by atoms with Crippen molar-refractivity contribution in [3.8, 4) is 5.75 Å². The third-order valence-corrected chi connectivity index (χ3v) is 5.89. The average Bonchev–Trinajstić information content (AvgIpc) is 2.48. The lowest BCUT2D eigenvalue weighted by Gasteiger charge is -2.29. The van der Waals surface area contributed by atoms with Crippen molar-refractivity contribution in [1.29, 1.82) is 0 Å². The van der Waals surface area contributed by atoms with E-state index in [-0.39, 0.29) is 10.9 Å². The van der Waals surface area contributed by atoms with Gasteiger partial charge < -0.3 is 4.74 Å². The van der Waals surface area contributed by atoms with E-state index in [0.717, 1.165) is 25.7 Å². The first-order chi connectivity index (χ1) is 10.4. The van der Waals surface area contributed by atoms with Crippen molar-refractivity contribution in [2.75, 3.05) is 6.61 Å². The van der Waals surface area contributed by atoms with Gasteiger partial charge in [0.1, 0.15) is 5.75 Å². The Bertz CT molecular complexity index is 603. The maximum atomic E-state index is 12.6. The van der Waals surface area contributed by atoms with E-state index in [9.17, 15) is 8.42 Å². The van der Waals surface area contributed by atoms with E-state index >= 15 is 0 Å². The molecule has 1 aromatic rings. The smallest absolute Gasteiger partial charge is 0.240 e. The predicted octanol–water partition coefficient (Wildman–Crippen LogP) is 3.99. The van der Waals surface area contributed by atoms with Crippen molar-refractivity contribution in [2.24, 2.45) is 5.92 Å². The molecule has 1 saturated carbocycles. The lowest BCUT2D eigenvalue weighted by molar-refractivity contribution is 0.310. The van der Waals surface area contributed by atoms with E-state index in [0.29, 0.717) is 23.3 Å². The van der Waals surface area contributed by atoms with Crippen LogP contribution in [0.5, 0.6) is 5.75 Å². The minimum atomic E-state index is -3.55. The lowest BCUT2D eigenvalue weighted by atomic mass is 9.87. The minimum absolute atomic E-state index is 0.00874. The third-order valence-electron chi connectivity index (χ3n) is 4.09. The molecule has 0 saturated heterocycles. The summed E-state index contributed by atoms with van der Waals surface area (Å²) in [5.74, 6) is 0.787. The second-order valence-corrected chi connectivity index (χ2v) is 8.05. The first-order valence-corrected chi connectivity index (χ1v) is 9.75. The van der Waals surface area contributed by atoms with Gasteiger partial charge in [0.05, 0.1) is 16.5 Å². The SMILES string of the molecule is CCCOc1cc(S(=O)(=O)N[C@@H]2CCCC[C@H]2C)ccc1Cl. The van der Waals surface area contributed by atoms with Gasteiger partial charge in [-0.3, -0.25) is 0 Å². The molecule has 124 valence electrons. The molecular weight excluding hydrogens is 322 g/mol. The monoisotopic (exact) mass is 345 g/mol. The lowest BCUT2D eigenvalue weighted by Crippen LogP contribution is -2.40. The van der Waals surface area contributed by atoms with Crippen LogP contribution in [-0.2, 0) is 10.0 Å². The number of ether oxygens (including phenoxy) is 1. The molecule has 0 heterocycles. The Kier molecular flexibility index (Phi) is 6.12. The molecule has 1 N–H and O–H groups in total. The summed E-state index contributed by atoms with van der Waals surface area (Å²) in [7, 11) is -3.55. The molecule has 2 rings (SSSR count). The van der Waals surface area contributed by atoms with E-state index in [1.807, 2.05) is 6.92 Å². The highest BCUT2D eigenvalue weighted by molar-refractivity contribution is 7.89. The van der Waals surface area contributed by atoms with Crippen LogP contribution >= 0.6 is 11.6 Å². The van der Waals surface area contributed by atoms with E-state index in [1.165, 1.54) is 18.6 Å². The summed E-state index contributed by atoms with van der Waals surface area (Å²) in [6.07, 6.45) is 5.05.